The Labute approximate surface area is 134 Å². The SMILES string of the molecule is CN(CC(=O)NC1CC1)CC(=O)N(C)c1ccc([N+](=O)[O-])cc1. The summed E-state index contributed by atoms with van der Waals surface area (Å²) in [6, 6.07) is 6.05. The van der Waals surface area contributed by atoms with Crippen molar-refractivity contribution in [2.75, 3.05) is 32.1 Å². The van der Waals surface area contributed by atoms with Crippen molar-refractivity contribution in [2.45, 2.75) is 18.9 Å². The molecule has 0 spiro atoms. The van der Waals surface area contributed by atoms with Gasteiger partial charge in [-0.1, -0.05) is 0 Å². The second-order valence-electron chi connectivity index (χ2n) is 5.74. The predicted octanol–water partition coefficient (Wildman–Crippen LogP) is 0.768. The van der Waals surface area contributed by atoms with Crippen LogP contribution in [0.25, 0.3) is 0 Å². The number of anilines is 1. The molecule has 0 heterocycles. The van der Waals surface area contributed by atoms with Gasteiger partial charge >= 0.3 is 0 Å². The number of nitro groups is 1. The Balaban J connectivity index is 1.85. The Kier molecular flexibility index (Phi) is 5.28. The molecule has 1 saturated carbocycles. The van der Waals surface area contributed by atoms with Crippen LogP contribution in [0.3, 0.4) is 0 Å². The van der Waals surface area contributed by atoms with Gasteiger partial charge < -0.3 is 10.2 Å². The van der Waals surface area contributed by atoms with Crippen molar-refractivity contribution < 1.29 is 14.5 Å². The van der Waals surface area contributed by atoms with Crippen molar-refractivity contribution in [3.05, 3.63) is 34.4 Å². The zero-order valence-corrected chi connectivity index (χ0v) is 13.2. The Bertz CT molecular complexity index is 598. The summed E-state index contributed by atoms with van der Waals surface area (Å²) < 4.78 is 0. The second-order valence-corrected chi connectivity index (χ2v) is 5.74. The summed E-state index contributed by atoms with van der Waals surface area (Å²) >= 11 is 0. The van der Waals surface area contributed by atoms with E-state index in [9.17, 15) is 19.7 Å². The van der Waals surface area contributed by atoms with Crippen LogP contribution in [0.2, 0.25) is 0 Å². The van der Waals surface area contributed by atoms with Gasteiger partial charge in [-0.2, -0.15) is 0 Å². The number of hydrogen-bond donors (Lipinski definition) is 1. The lowest BCUT2D eigenvalue weighted by Crippen LogP contribution is -2.42. The van der Waals surface area contributed by atoms with Gasteiger partial charge in [-0.25, -0.2) is 0 Å². The van der Waals surface area contributed by atoms with Crippen LogP contribution in [0.4, 0.5) is 11.4 Å². The molecule has 1 aliphatic rings. The van der Waals surface area contributed by atoms with Crippen molar-refractivity contribution in [1.82, 2.24) is 10.2 Å². The van der Waals surface area contributed by atoms with Gasteiger partial charge in [0.1, 0.15) is 0 Å². The fraction of sp³-hybridized carbons (Fsp3) is 0.467. The Morgan fingerprint density at radius 3 is 2.35 bits per heavy atom. The zero-order valence-electron chi connectivity index (χ0n) is 13.2. The number of nitrogens with zero attached hydrogens (tertiary/aromatic N) is 3. The maximum Gasteiger partial charge on any atom is 0.269 e. The lowest BCUT2D eigenvalue weighted by molar-refractivity contribution is -0.384. The third kappa shape index (κ3) is 5.03. The van der Waals surface area contributed by atoms with E-state index >= 15 is 0 Å². The number of nitrogens with one attached hydrogen (secondary N) is 1. The third-order valence-corrected chi connectivity index (χ3v) is 3.58. The highest BCUT2D eigenvalue weighted by Crippen LogP contribution is 2.19. The summed E-state index contributed by atoms with van der Waals surface area (Å²) in [7, 11) is 3.30. The molecule has 1 N–H and O–H groups in total. The number of carbonyl (C=O) groups is 2. The molecular formula is C15H20N4O4. The van der Waals surface area contributed by atoms with E-state index < -0.39 is 4.92 Å². The Hall–Kier alpha value is -2.48. The average molecular weight is 320 g/mol. The van der Waals surface area contributed by atoms with Gasteiger partial charge in [0.15, 0.2) is 0 Å². The number of amides is 2. The molecule has 0 radical (unpaired) electrons. The number of non-ortho nitro benzene ring substituents is 1. The average Bonchev–Trinajstić information content (AvgIpc) is 3.29. The number of carbonyl (C=O) groups excluding carboxylic acids is 2. The fourth-order valence-electron chi connectivity index (χ4n) is 2.08. The molecule has 1 aromatic carbocycles. The van der Waals surface area contributed by atoms with E-state index in [1.165, 1.54) is 29.2 Å². The molecule has 1 fully saturated rings. The summed E-state index contributed by atoms with van der Waals surface area (Å²) in [6.45, 7) is 0.252. The van der Waals surface area contributed by atoms with Gasteiger partial charge in [-0.3, -0.25) is 24.6 Å². The molecule has 0 saturated heterocycles. The van der Waals surface area contributed by atoms with Crippen molar-refractivity contribution >= 4 is 23.2 Å². The number of likely N-dealkylation sites (N-methyl/N-ethyl adjacent to an activating group) is 2. The number of benzene rings is 1. The molecule has 8 nitrogen and oxygen atoms in total. The minimum atomic E-state index is -0.488. The molecular weight excluding hydrogens is 300 g/mol. The van der Waals surface area contributed by atoms with E-state index in [-0.39, 0.29) is 30.6 Å². The van der Waals surface area contributed by atoms with E-state index in [1.54, 1.807) is 19.0 Å². The molecule has 0 unspecified atom stereocenters. The molecule has 2 rings (SSSR count). The zero-order chi connectivity index (χ0) is 17.0. The van der Waals surface area contributed by atoms with Crippen molar-refractivity contribution in [3.8, 4) is 0 Å². The van der Waals surface area contributed by atoms with Crippen LogP contribution >= 0.6 is 0 Å². The Morgan fingerprint density at radius 1 is 1.22 bits per heavy atom. The van der Waals surface area contributed by atoms with Crippen molar-refractivity contribution in [1.29, 1.82) is 0 Å². The third-order valence-electron chi connectivity index (χ3n) is 3.58. The van der Waals surface area contributed by atoms with E-state index in [1.807, 2.05) is 0 Å². The molecule has 0 aliphatic heterocycles. The summed E-state index contributed by atoms with van der Waals surface area (Å²) in [6.07, 6.45) is 2.05. The van der Waals surface area contributed by atoms with Gasteiger partial charge in [-0.15, -0.1) is 0 Å². The summed E-state index contributed by atoms with van der Waals surface area (Å²) in [5.41, 5.74) is 0.542. The summed E-state index contributed by atoms with van der Waals surface area (Å²) in [5, 5.41) is 13.5. The van der Waals surface area contributed by atoms with Crippen LogP contribution in [0.15, 0.2) is 24.3 Å². The molecule has 0 aromatic heterocycles. The predicted molar refractivity (Wildman–Crippen MR) is 85.2 cm³/mol. The first-order chi connectivity index (χ1) is 10.9. The van der Waals surface area contributed by atoms with E-state index in [0.29, 0.717) is 11.7 Å². The van der Waals surface area contributed by atoms with Crippen LogP contribution in [-0.4, -0.2) is 54.9 Å². The van der Waals surface area contributed by atoms with Crippen LogP contribution in [-0.2, 0) is 9.59 Å². The molecule has 1 aliphatic carbocycles. The number of nitro benzene ring substituents is 1. The first-order valence-corrected chi connectivity index (χ1v) is 7.35. The highest BCUT2D eigenvalue weighted by molar-refractivity contribution is 5.94. The maximum absolute atomic E-state index is 12.2. The van der Waals surface area contributed by atoms with Gasteiger partial charge in [0.2, 0.25) is 11.8 Å². The first-order valence-electron chi connectivity index (χ1n) is 7.35. The maximum atomic E-state index is 12.2. The lowest BCUT2D eigenvalue weighted by atomic mass is 10.2. The van der Waals surface area contributed by atoms with Crippen LogP contribution in [0.5, 0.6) is 0 Å². The van der Waals surface area contributed by atoms with Crippen LogP contribution in [0, 0.1) is 10.1 Å². The molecule has 124 valence electrons. The Morgan fingerprint density at radius 2 is 1.83 bits per heavy atom. The fourth-order valence-corrected chi connectivity index (χ4v) is 2.08. The minimum Gasteiger partial charge on any atom is -0.352 e. The topological polar surface area (TPSA) is 95.8 Å². The minimum absolute atomic E-state index is 0.0246. The van der Waals surface area contributed by atoms with Crippen molar-refractivity contribution in [2.24, 2.45) is 0 Å². The van der Waals surface area contributed by atoms with E-state index in [2.05, 4.69) is 5.32 Å². The molecule has 2 amide bonds. The molecule has 23 heavy (non-hydrogen) atoms. The number of rotatable bonds is 7. The quantitative estimate of drug-likeness (QED) is 0.591. The lowest BCUT2D eigenvalue weighted by Gasteiger charge is -2.21. The smallest absolute Gasteiger partial charge is 0.269 e. The van der Waals surface area contributed by atoms with Crippen molar-refractivity contribution in [3.63, 3.8) is 0 Å². The monoisotopic (exact) mass is 320 g/mol. The largest absolute Gasteiger partial charge is 0.352 e. The highest BCUT2D eigenvalue weighted by Gasteiger charge is 2.24. The highest BCUT2D eigenvalue weighted by atomic mass is 16.6. The first kappa shape index (κ1) is 16.9. The molecule has 8 heteroatoms. The van der Waals surface area contributed by atoms with Gasteiger partial charge in [0.05, 0.1) is 18.0 Å². The summed E-state index contributed by atoms with van der Waals surface area (Å²) in [5.74, 6) is -0.277. The van der Waals surface area contributed by atoms with E-state index in [0.717, 1.165) is 12.8 Å². The standard InChI is InChI=1S/C15H20N4O4/c1-17(9-14(20)16-11-3-4-11)10-15(21)18(2)12-5-7-13(8-6-12)19(22)23/h5-8,11H,3-4,9-10H2,1-2H3,(H,16,20). The van der Waals surface area contributed by atoms with Gasteiger partial charge in [0.25, 0.3) is 5.69 Å². The van der Waals surface area contributed by atoms with Crippen LogP contribution in [0.1, 0.15) is 12.8 Å². The molecule has 1 aromatic rings. The van der Waals surface area contributed by atoms with Gasteiger partial charge in [-0.05, 0) is 32.0 Å². The number of hydrogen-bond acceptors (Lipinski definition) is 5. The normalized spacial score (nSPS) is 13.7. The summed E-state index contributed by atoms with van der Waals surface area (Å²) in [4.78, 5) is 37.1. The second kappa shape index (κ2) is 7.19. The molecule has 0 bridgehead atoms. The molecule has 0 atom stereocenters. The van der Waals surface area contributed by atoms with E-state index in [4.69, 9.17) is 0 Å². The van der Waals surface area contributed by atoms with Crippen LogP contribution < -0.4 is 10.2 Å². The van der Waals surface area contributed by atoms with Gasteiger partial charge in [0, 0.05) is 30.9 Å².